The maximum Gasteiger partial charge on any atom is 0.115 e. The number of rotatable bonds is 3. The number of aromatic nitrogens is 2. The Morgan fingerprint density at radius 2 is 1.76 bits per heavy atom. The number of hydrogen-bond donors (Lipinski definition) is 1. The lowest BCUT2D eigenvalue weighted by Crippen LogP contribution is -2.12. The van der Waals surface area contributed by atoms with Gasteiger partial charge in [0, 0.05) is 18.0 Å². The van der Waals surface area contributed by atoms with E-state index in [2.05, 4.69) is 15.0 Å². The normalized spacial score (nSPS) is 11.5. The van der Waals surface area contributed by atoms with E-state index in [-0.39, 0.29) is 5.88 Å². The van der Waals surface area contributed by atoms with E-state index in [1.54, 1.807) is 12.4 Å². The van der Waals surface area contributed by atoms with Gasteiger partial charge in [-0.3, -0.25) is 0 Å². The second kappa shape index (κ2) is 5.41. The van der Waals surface area contributed by atoms with E-state index in [4.69, 9.17) is 17.3 Å². The topological polar surface area (TPSA) is 64.2 Å². The van der Waals surface area contributed by atoms with Crippen LogP contribution in [-0.2, 0) is 0 Å². The second-order valence-corrected chi connectivity index (χ2v) is 3.68. The molecule has 0 saturated heterocycles. The summed E-state index contributed by atoms with van der Waals surface area (Å²) in [5.74, 6) is 0.635. The fraction of sp³-hybridized carbons (Fsp3) is 0.0833. The Balaban J connectivity index is 2.25. The van der Waals surface area contributed by atoms with Crippen LogP contribution < -0.4 is 5.73 Å². The van der Waals surface area contributed by atoms with Gasteiger partial charge in [-0.15, -0.1) is 11.6 Å². The van der Waals surface area contributed by atoms with Gasteiger partial charge in [0.2, 0.25) is 0 Å². The molecule has 86 valence electrons. The molecule has 0 saturated carbocycles. The van der Waals surface area contributed by atoms with E-state index < -0.39 is 0 Å². The van der Waals surface area contributed by atoms with E-state index in [0.717, 1.165) is 16.8 Å². The van der Waals surface area contributed by atoms with Crippen molar-refractivity contribution < 1.29 is 0 Å². The molecule has 0 aliphatic heterocycles. The number of alkyl halides is 1. The van der Waals surface area contributed by atoms with Crippen LogP contribution in [0.4, 0.5) is 5.69 Å². The molecular formula is C12H11ClN4. The largest absolute Gasteiger partial charge is 0.386 e. The molecule has 4 nitrogen and oxygen atoms in total. The summed E-state index contributed by atoms with van der Waals surface area (Å²) in [5, 5.41) is 0. The molecule has 0 amide bonds. The van der Waals surface area contributed by atoms with Gasteiger partial charge in [-0.05, 0) is 17.7 Å². The van der Waals surface area contributed by atoms with Gasteiger partial charge in [0.1, 0.15) is 12.2 Å². The van der Waals surface area contributed by atoms with E-state index in [1.165, 1.54) is 6.33 Å². The monoisotopic (exact) mass is 246 g/mol. The van der Waals surface area contributed by atoms with Crippen LogP contribution in [0.15, 0.2) is 48.0 Å². The molecule has 0 atom stereocenters. The first-order chi connectivity index (χ1) is 8.29. The van der Waals surface area contributed by atoms with E-state index >= 15 is 0 Å². The summed E-state index contributed by atoms with van der Waals surface area (Å²) in [6.07, 6.45) is 5.03. The lowest BCUT2D eigenvalue weighted by Gasteiger charge is -2.01. The Morgan fingerprint density at radius 3 is 2.35 bits per heavy atom. The van der Waals surface area contributed by atoms with Crippen molar-refractivity contribution in [2.24, 2.45) is 10.7 Å². The van der Waals surface area contributed by atoms with E-state index in [0.29, 0.717) is 5.84 Å². The maximum atomic E-state index is 5.56. The van der Waals surface area contributed by atoms with Crippen molar-refractivity contribution in [3.8, 4) is 11.1 Å². The van der Waals surface area contributed by atoms with Crippen molar-refractivity contribution in [3.05, 3.63) is 43.0 Å². The fourth-order valence-electron chi connectivity index (χ4n) is 1.37. The summed E-state index contributed by atoms with van der Waals surface area (Å²) < 4.78 is 0. The molecule has 0 fully saturated rings. The summed E-state index contributed by atoms with van der Waals surface area (Å²) >= 11 is 5.56. The van der Waals surface area contributed by atoms with Crippen molar-refractivity contribution in [2.75, 3.05) is 5.88 Å². The first-order valence-electron chi connectivity index (χ1n) is 5.04. The van der Waals surface area contributed by atoms with Gasteiger partial charge < -0.3 is 5.73 Å². The van der Waals surface area contributed by atoms with Crippen LogP contribution in [0.1, 0.15) is 0 Å². The molecule has 0 bridgehead atoms. The van der Waals surface area contributed by atoms with Crippen LogP contribution in [0.25, 0.3) is 11.1 Å². The number of hydrogen-bond acceptors (Lipinski definition) is 3. The third kappa shape index (κ3) is 3.01. The minimum absolute atomic E-state index is 0.230. The van der Waals surface area contributed by atoms with Gasteiger partial charge in [-0.25, -0.2) is 15.0 Å². The molecule has 0 spiro atoms. The molecule has 0 unspecified atom stereocenters. The zero-order valence-electron chi connectivity index (χ0n) is 9.05. The summed E-state index contributed by atoms with van der Waals surface area (Å²) in [6, 6.07) is 7.64. The van der Waals surface area contributed by atoms with Crippen LogP contribution in [0, 0.1) is 0 Å². The first-order valence-corrected chi connectivity index (χ1v) is 5.57. The van der Waals surface area contributed by atoms with E-state index in [1.807, 2.05) is 24.3 Å². The Morgan fingerprint density at radius 1 is 1.12 bits per heavy atom. The minimum atomic E-state index is 0.230. The summed E-state index contributed by atoms with van der Waals surface area (Å²) in [5.41, 5.74) is 8.34. The van der Waals surface area contributed by atoms with Crippen LogP contribution in [0.5, 0.6) is 0 Å². The highest BCUT2D eigenvalue weighted by Gasteiger charge is 1.98. The van der Waals surface area contributed by atoms with E-state index in [9.17, 15) is 0 Å². The Labute approximate surface area is 104 Å². The van der Waals surface area contributed by atoms with Crippen molar-refractivity contribution in [2.45, 2.75) is 0 Å². The molecule has 1 heterocycles. The molecule has 0 radical (unpaired) electrons. The van der Waals surface area contributed by atoms with Gasteiger partial charge in [0.05, 0.1) is 11.6 Å². The third-order valence-electron chi connectivity index (χ3n) is 2.17. The SMILES string of the molecule is NC(CCl)=Nc1ccc(-c2cncnc2)cc1. The van der Waals surface area contributed by atoms with Gasteiger partial charge >= 0.3 is 0 Å². The van der Waals surface area contributed by atoms with Crippen LogP contribution in [0.2, 0.25) is 0 Å². The average Bonchev–Trinajstić information content (AvgIpc) is 2.40. The number of halogens is 1. The highest BCUT2D eigenvalue weighted by Crippen LogP contribution is 2.21. The Kier molecular flexibility index (Phi) is 3.67. The van der Waals surface area contributed by atoms with Crippen molar-refractivity contribution in [3.63, 3.8) is 0 Å². The van der Waals surface area contributed by atoms with Crippen molar-refractivity contribution in [1.82, 2.24) is 9.97 Å². The van der Waals surface area contributed by atoms with Gasteiger partial charge in [0.15, 0.2) is 0 Å². The molecule has 2 N–H and O–H groups in total. The standard InChI is InChI=1S/C12H11ClN4/c13-5-12(14)17-11-3-1-9(2-4-11)10-6-15-8-16-7-10/h1-4,6-8H,5H2,(H2,14,17). The summed E-state index contributed by atoms with van der Waals surface area (Å²) in [4.78, 5) is 12.1. The van der Waals surface area contributed by atoms with Crippen LogP contribution in [0.3, 0.4) is 0 Å². The molecular weight excluding hydrogens is 236 g/mol. The molecule has 0 aliphatic rings. The number of benzene rings is 1. The molecule has 5 heteroatoms. The number of aliphatic imine (C=N–C) groups is 1. The van der Waals surface area contributed by atoms with Crippen molar-refractivity contribution in [1.29, 1.82) is 0 Å². The fourth-order valence-corrected chi connectivity index (χ4v) is 1.43. The highest BCUT2D eigenvalue weighted by atomic mass is 35.5. The van der Waals surface area contributed by atoms with Gasteiger partial charge in [-0.1, -0.05) is 12.1 Å². The molecule has 0 aliphatic carbocycles. The summed E-state index contributed by atoms with van der Waals surface area (Å²) in [7, 11) is 0. The molecule has 17 heavy (non-hydrogen) atoms. The molecule has 1 aromatic carbocycles. The average molecular weight is 247 g/mol. The predicted octanol–water partition coefficient (Wildman–Crippen LogP) is 2.37. The lowest BCUT2D eigenvalue weighted by molar-refractivity contribution is 1.17. The molecule has 2 rings (SSSR count). The predicted molar refractivity (Wildman–Crippen MR) is 69.5 cm³/mol. The Bertz CT molecular complexity index is 508. The number of nitrogens with two attached hydrogens (primary N) is 1. The maximum absolute atomic E-state index is 5.56. The summed E-state index contributed by atoms with van der Waals surface area (Å²) in [6.45, 7) is 0. The lowest BCUT2D eigenvalue weighted by atomic mass is 10.1. The number of nitrogens with zero attached hydrogens (tertiary/aromatic N) is 3. The second-order valence-electron chi connectivity index (χ2n) is 3.41. The third-order valence-corrected chi connectivity index (χ3v) is 2.44. The molecule has 2 aromatic rings. The number of amidine groups is 1. The Hall–Kier alpha value is -1.94. The van der Waals surface area contributed by atoms with Crippen LogP contribution >= 0.6 is 11.6 Å². The van der Waals surface area contributed by atoms with Gasteiger partial charge in [-0.2, -0.15) is 0 Å². The minimum Gasteiger partial charge on any atom is -0.386 e. The first kappa shape index (κ1) is 11.5. The molecule has 1 aromatic heterocycles. The van der Waals surface area contributed by atoms with Crippen LogP contribution in [-0.4, -0.2) is 21.7 Å². The van der Waals surface area contributed by atoms with Crippen molar-refractivity contribution >= 4 is 23.1 Å². The van der Waals surface area contributed by atoms with Gasteiger partial charge in [0.25, 0.3) is 0 Å². The quantitative estimate of drug-likeness (QED) is 0.514. The zero-order chi connectivity index (χ0) is 12.1. The smallest absolute Gasteiger partial charge is 0.115 e. The highest BCUT2D eigenvalue weighted by molar-refractivity contribution is 6.28. The zero-order valence-corrected chi connectivity index (χ0v) is 9.80.